The summed E-state index contributed by atoms with van der Waals surface area (Å²) in [5.74, 6) is 0. The van der Waals surface area contributed by atoms with Crippen LogP contribution >= 0.6 is 23.2 Å². The Balaban J connectivity index is 0.00000121. The third kappa shape index (κ3) is 12.6. The Morgan fingerprint density at radius 3 is 1.06 bits per heavy atom. The van der Waals surface area contributed by atoms with Crippen molar-refractivity contribution in [3.8, 4) is 0 Å². The van der Waals surface area contributed by atoms with E-state index < -0.39 is 0 Å². The molecule has 0 aliphatic carbocycles. The smallest absolute Gasteiger partial charge is 1.00 e. The van der Waals surface area contributed by atoms with E-state index in [1.165, 1.54) is 43.7 Å². The van der Waals surface area contributed by atoms with Crippen LogP contribution in [0, 0.1) is 0 Å². The molecule has 0 spiro atoms. The number of ether oxygens (including phenoxy) is 4. The van der Waals surface area contributed by atoms with Crippen molar-refractivity contribution in [2.24, 2.45) is 0 Å². The Labute approximate surface area is 361 Å². The molecule has 0 unspecified atom stereocenters. The van der Waals surface area contributed by atoms with Crippen molar-refractivity contribution in [3.63, 3.8) is 0 Å². The fourth-order valence-corrected chi connectivity index (χ4v) is 6.73. The van der Waals surface area contributed by atoms with Gasteiger partial charge in [0.1, 0.15) is 0 Å². The minimum atomic E-state index is 0. The van der Waals surface area contributed by atoms with Crippen LogP contribution in [0.2, 0.25) is 0 Å². The molecule has 0 atom stereocenters. The largest absolute Gasteiger partial charge is 1.00 e. The molecule has 3 heterocycles. The molecule has 1 fully saturated rings. The standard InChI is InChI=1S/C40H44N4O4.CH2Cl2.HI.Na/c1-3-13-35-31(9-1)33-11-5-7-15-37(33)41-39(35)29-43-17-21-45-25-27-47-23-19-44(20-24-48-28-26-46-22-18-43)30-40-36-14-4-2-10-32(36)34-12-6-8-16-38(34)42-40;2-1-3;;/h1-16H,17-30H2;1H2;1H;/q;;;+1/p+1. The van der Waals surface area contributed by atoms with Gasteiger partial charge in [-0.15, -0.1) is 23.2 Å². The summed E-state index contributed by atoms with van der Waals surface area (Å²) in [6.07, 6.45) is 0. The first-order valence-electron chi connectivity index (χ1n) is 17.8. The van der Waals surface area contributed by atoms with Gasteiger partial charge in [0.2, 0.25) is 22.4 Å². The average molecular weight is 882 g/mol. The summed E-state index contributed by atoms with van der Waals surface area (Å²) in [6.45, 7) is 9.60. The molecule has 53 heavy (non-hydrogen) atoms. The van der Waals surface area contributed by atoms with Gasteiger partial charge in [0.05, 0.1) is 92.8 Å². The fourth-order valence-electron chi connectivity index (χ4n) is 6.73. The predicted octanol–water partition coefficient (Wildman–Crippen LogP) is 0.741. The van der Waals surface area contributed by atoms with E-state index in [1.807, 2.05) is 0 Å². The van der Waals surface area contributed by atoms with Crippen molar-refractivity contribution >= 4 is 66.6 Å². The van der Waals surface area contributed by atoms with Gasteiger partial charge < -0.3 is 42.9 Å². The molecule has 8 nitrogen and oxygen atoms in total. The third-order valence-corrected chi connectivity index (χ3v) is 9.22. The number of rotatable bonds is 4. The SMILES string of the molecule is ClCCl.[I-].[Na+].c1ccc2c(c1)[nH+]c(CN1CCOCCOCCN(Cc3[nH+]c4ccccc4c4ccccc34)CCOCCOCC1)c1ccccc12. The number of pyridine rings is 2. The van der Waals surface area contributed by atoms with Crippen molar-refractivity contribution in [2.75, 3.05) is 84.4 Å². The first-order valence-corrected chi connectivity index (χ1v) is 18.8. The van der Waals surface area contributed by atoms with Crippen molar-refractivity contribution in [3.05, 3.63) is 108 Å². The van der Waals surface area contributed by atoms with Crippen LogP contribution < -0.4 is 63.5 Å². The molecule has 0 bridgehead atoms. The minimum Gasteiger partial charge on any atom is -1.00 e. The Bertz CT molecular complexity index is 1830. The van der Waals surface area contributed by atoms with Crippen molar-refractivity contribution in [2.45, 2.75) is 13.1 Å². The number of hydrogen-bond donors (Lipinski definition) is 0. The topological polar surface area (TPSA) is 71.7 Å². The molecule has 0 amide bonds. The summed E-state index contributed by atoms with van der Waals surface area (Å²) in [4.78, 5) is 12.2. The van der Waals surface area contributed by atoms with Crippen LogP contribution in [0.3, 0.4) is 0 Å². The number of benzene rings is 4. The van der Waals surface area contributed by atoms with Gasteiger partial charge in [0.15, 0.2) is 0 Å². The van der Waals surface area contributed by atoms with Crippen LogP contribution in [0.1, 0.15) is 11.4 Å². The van der Waals surface area contributed by atoms with E-state index in [9.17, 15) is 0 Å². The van der Waals surface area contributed by atoms with Gasteiger partial charge in [0, 0.05) is 49.1 Å². The Hall–Kier alpha value is -1.71. The maximum absolute atomic E-state index is 6.06. The number of hydrogen-bond acceptors (Lipinski definition) is 6. The van der Waals surface area contributed by atoms with Gasteiger partial charge in [0.25, 0.3) is 0 Å². The second-order valence-electron chi connectivity index (χ2n) is 12.5. The van der Waals surface area contributed by atoms with Gasteiger partial charge in [-0.2, -0.15) is 0 Å². The van der Waals surface area contributed by atoms with Gasteiger partial charge in [-0.1, -0.05) is 60.7 Å². The molecule has 2 aromatic heterocycles. The average Bonchev–Trinajstić information content (AvgIpc) is 3.16. The van der Waals surface area contributed by atoms with Gasteiger partial charge in [-0.25, -0.2) is 9.97 Å². The Morgan fingerprint density at radius 1 is 0.434 bits per heavy atom. The number of nitrogens with one attached hydrogen (secondary N) is 2. The normalized spacial score (nSPS) is 16.2. The van der Waals surface area contributed by atoms with Crippen LogP contribution in [0.15, 0.2) is 97.1 Å². The quantitative estimate of drug-likeness (QED) is 0.113. The van der Waals surface area contributed by atoms with E-state index in [0.29, 0.717) is 52.9 Å². The predicted molar refractivity (Wildman–Crippen MR) is 206 cm³/mol. The van der Waals surface area contributed by atoms with Crippen LogP contribution in [0.5, 0.6) is 0 Å². The summed E-state index contributed by atoms with van der Waals surface area (Å²) in [7, 11) is 0. The van der Waals surface area contributed by atoms with E-state index in [1.54, 1.807) is 0 Å². The van der Waals surface area contributed by atoms with Gasteiger partial charge >= 0.3 is 29.6 Å². The van der Waals surface area contributed by atoms with E-state index >= 15 is 0 Å². The number of aromatic nitrogens is 2. The number of para-hydroxylation sites is 2. The third-order valence-electron chi connectivity index (χ3n) is 9.22. The van der Waals surface area contributed by atoms with E-state index in [-0.39, 0.29) is 58.9 Å². The molecule has 1 aliphatic rings. The Morgan fingerprint density at radius 2 is 0.717 bits per heavy atom. The monoisotopic (exact) mass is 880 g/mol. The van der Waals surface area contributed by atoms with Crippen LogP contribution in [0.25, 0.3) is 43.4 Å². The zero-order valence-electron chi connectivity index (χ0n) is 30.5. The number of alkyl halides is 2. The molecule has 6 aromatic rings. The minimum absolute atomic E-state index is 0. The van der Waals surface area contributed by atoms with Crippen molar-refractivity contribution in [1.82, 2.24) is 9.80 Å². The molecule has 7 rings (SSSR count). The fraction of sp³-hybridized carbons (Fsp3) is 0.366. The summed E-state index contributed by atoms with van der Waals surface area (Å²) in [6, 6.07) is 34.3. The number of H-pyrrole nitrogens is 2. The maximum Gasteiger partial charge on any atom is 1.00 e. The molecular weight excluding hydrogens is 833 g/mol. The number of fused-ring (bicyclic) bond motifs is 6. The van der Waals surface area contributed by atoms with Crippen LogP contribution in [-0.4, -0.2) is 94.2 Å². The van der Waals surface area contributed by atoms with Crippen molar-refractivity contribution < 1.29 is 82.4 Å². The summed E-state index contributed by atoms with van der Waals surface area (Å²) >= 11 is 9.53. The van der Waals surface area contributed by atoms with Crippen molar-refractivity contribution in [1.29, 1.82) is 0 Å². The maximum atomic E-state index is 6.06. The van der Waals surface area contributed by atoms with E-state index in [0.717, 1.165) is 50.3 Å². The van der Waals surface area contributed by atoms with Gasteiger partial charge in [-0.3, -0.25) is 9.80 Å². The zero-order valence-corrected chi connectivity index (χ0v) is 36.2. The molecule has 1 aliphatic heterocycles. The molecule has 0 saturated carbocycles. The number of aromatic amines is 2. The van der Waals surface area contributed by atoms with E-state index in [2.05, 4.69) is 117 Å². The molecule has 4 aromatic carbocycles. The first-order chi connectivity index (χ1) is 25.2. The molecule has 2 N–H and O–H groups in total. The van der Waals surface area contributed by atoms with Crippen LogP contribution in [-0.2, 0) is 32.0 Å². The second-order valence-corrected chi connectivity index (χ2v) is 13.3. The zero-order chi connectivity index (χ0) is 35.1. The summed E-state index contributed by atoms with van der Waals surface area (Å²) < 4.78 is 24.2. The Kier molecular flexibility index (Phi) is 20.0. The number of halogens is 3. The molecular formula is C41H48Cl2IN4NaO4+2. The first kappa shape index (κ1) is 44.0. The van der Waals surface area contributed by atoms with Crippen LogP contribution in [0.4, 0.5) is 0 Å². The van der Waals surface area contributed by atoms with E-state index in [4.69, 9.17) is 42.1 Å². The second kappa shape index (κ2) is 24.0. The molecule has 276 valence electrons. The van der Waals surface area contributed by atoms with Gasteiger partial charge in [-0.05, 0) is 24.3 Å². The summed E-state index contributed by atoms with van der Waals surface area (Å²) in [5.41, 5.74) is 4.71. The summed E-state index contributed by atoms with van der Waals surface area (Å²) in [5, 5.41) is 7.72. The molecule has 1 saturated heterocycles. The molecule has 12 heteroatoms. The molecule has 0 radical (unpaired) electrons. The number of nitrogens with zero attached hydrogens (tertiary/aromatic N) is 2.